The molecule has 4 heteroatoms. The molecule has 1 aliphatic heterocycles. The predicted octanol–water partition coefficient (Wildman–Crippen LogP) is 0.442. The standard InChI is InChI=1S/C12H25N3O/c1-4-10(2)13-8-12(16)14-7-11-5-6-15(3)9-11/h10-11,13H,4-9H2,1-3H3,(H,14,16). The van der Waals surface area contributed by atoms with Crippen LogP contribution in [0.15, 0.2) is 0 Å². The van der Waals surface area contributed by atoms with E-state index >= 15 is 0 Å². The zero-order valence-electron chi connectivity index (χ0n) is 10.8. The number of carbonyl (C=O) groups excluding carboxylic acids is 1. The molecule has 2 N–H and O–H groups in total. The molecule has 0 aromatic carbocycles. The van der Waals surface area contributed by atoms with Crippen LogP contribution in [0, 0.1) is 5.92 Å². The van der Waals surface area contributed by atoms with E-state index in [1.165, 1.54) is 6.42 Å². The van der Waals surface area contributed by atoms with E-state index in [1.54, 1.807) is 0 Å². The first-order valence-corrected chi connectivity index (χ1v) is 6.30. The number of amides is 1. The Morgan fingerprint density at radius 3 is 2.88 bits per heavy atom. The SMILES string of the molecule is CCC(C)NCC(=O)NCC1CCN(C)C1. The lowest BCUT2D eigenvalue weighted by Crippen LogP contribution is -2.39. The van der Waals surface area contributed by atoms with Crippen LogP contribution in [0.1, 0.15) is 26.7 Å². The van der Waals surface area contributed by atoms with Crippen molar-refractivity contribution in [1.82, 2.24) is 15.5 Å². The third-order valence-electron chi connectivity index (χ3n) is 3.30. The van der Waals surface area contributed by atoms with E-state index in [1.807, 2.05) is 0 Å². The Labute approximate surface area is 98.8 Å². The maximum Gasteiger partial charge on any atom is 0.233 e. The van der Waals surface area contributed by atoms with Crippen LogP contribution in [0.2, 0.25) is 0 Å². The van der Waals surface area contributed by atoms with Crippen LogP contribution in [0.4, 0.5) is 0 Å². The first kappa shape index (κ1) is 13.5. The Kier molecular flexibility index (Phi) is 5.77. The zero-order chi connectivity index (χ0) is 12.0. The number of carbonyl (C=O) groups is 1. The van der Waals surface area contributed by atoms with Crippen molar-refractivity contribution in [1.29, 1.82) is 0 Å². The minimum atomic E-state index is 0.120. The molecule has 0 aliphatic carbocycles. The minimum Gasteiger partial charge on any atom is -0.355 e. The molecule has 1 amide bonds. The Morgan fingerprint density at radius 2 is 2.31 bits per heavy atom. The molecule has 0 radical (unpaired) electrons. The lowest BCUT2D eigenvalue weighted by Gasteiger charge is -2.14. The van der Waals surface area contributed by atoms with Gasteiger partial charge in [0, 0.05) is 19.1 Å². The van der Waals surface area contributed by atoms with Gasteiger partial charge in [-0.1, -0.05) is 6.92 Å². The van der Waals surface area contributed by atoms with E-state index in [0.717, 1.165) is 26.1 Å². The van der Waals surface area contributed by atoms with Gasteiger partial charge in [-0.25, -0.2) is 0 Å². The lowest BCUT2D eigenvalue weighted by atomic mass is 10.1. The fourth-order valence-corrected chi connectivity index (χ4v) is 1.92. The molecule has 0 aromatic heterocycles. The summed E-state index contributed by atoms with van der Waals surface area (Å²) < 4.78 is 0. The number of likely N-dealkylation sites (tertiary alicyclic amines) is 1. The number of rotatable bonds is 6. The van der Waals surface area contributed by atoms with Crippen LogP contribution in [-0.4, -0.2) is 50.1 Å². The van der Waals surface area contributed by atoms with Crippen LogP contribution in [0.3, 0.4) is 0 Å². The Bertz CT molecular complexity index is 220. The van der Waals surface area contributed by atoms with E-state index in [-0.39, 0.29) is 5.91 Å². The van der Waals surface area contributed by atoms with Crippen LogP contribution in [-0.2, 0) is 4.79 Å². The summed E-state index contributed by atoms with van der Waals surface area (Å²) in [6, 6.07) is 0.420. The van der Waals surface area contributed by atoms with Crippen molar-refractivity contribution in [2.75, 3.05) is 33.2 Å². The van der Waals surface area contributed by atoms with Crippen molar-refractivity contribution < 1.29 is 4.79 Å². The molecular formula is C12H25N3O. The van der Waals surface area contributed by atoms with Crippen molar-refractivity contribution in [3.63, 3.8) is 0 Å². The van der Waals surface area contributed by atoms with Gasteiger partial charge in [-0.15, -0.1) is 0 Å². The lowest BCUT2D eigenvalue weighted by molar-refractivity contribution is -0.120. The molecule has 16 heavy (non-hydrogen) atoms. The van der Waals surface area contributed by atoms with E-state index < -0.39 is 0 Å². The van der Waals surface area contributed by atoms with Crippen LogP contribution in [0.5, 0.6) is 0 Å². The summed E-state index contributed by atoms with van der Waals surface area (Å²) in [7, 11) is 2.13. The molecule has 2 atom stereocenters. The first-order chi connectivity index (χ1) is 7.61. The monoisotopic (exact) mass is 227 g/mol. The molecule has 1 rings (SSSR count). The number of nitrogens with zero attached hydrogens (tertiary/aromatic N) is 1. The van der Waals surface area contributed by atoms with Crippen LogP contribution in [0.25, 0.3) is 0 Å². The Hall–Kier alpha value is -0.610. The largest absolute Gasteiger partial charge is 0.355 e. The summed E-state index contributed by atoms with van der Waals surface area (Å²) in [4.78, 5) is 13.8. The second-order valence-electron chi connectivity index (χ2n) is 4.91. The average molecular weight is 227 g/mol. The van der Waals surface area contributed by atoms with Gasteiger partial charge in [-0.05, 0) is 39.3 Å². The molecular weight excluding hydrogens is 202 g/mol. The summed E-state index contributed by atoms with van der Waals surface area (Å²) in [5, 5.41) is 6.19. The normalized spacial score (nSPS) is 23.3. The summed E-state index contributed by atoms with van der Waals surface area (Å²) >= 11 is 0. The highest BCUT2D eigenvalue weighted by Gasteiger charge is 2.19. The minimum absolute atomic E-state index is 0.120. The summed E-state index contributed by atoms with van der Waals surface area (Å²) in [6.07, 6.45) is 2.26. The number of nitrogens with one attached hydrogen (secondary N) is 2. The highest BCUT2D eigenvalue weighted by atomic mass is 16.1. The van der Waals surface area contributed by atoms with Gasteiger partial charge in [0.2, 0.25) is 5.91 Å². The molecule has 0 bridgehead atoms. The van der Waals surface area contributed by atoms with Crippen molar-refractivity contribution in [2.45, 2.75) is 32.7 Å². The Balaban J connectivity index is 2.06. The fourth-order valence-electron chi connectivity index (χ4n) is 1.92. The molecule has 1 saturated heterocycles. The third kappa shape index (κ3) is 4.94. The molecule has 4 nitrogen and oxygen atoms in total. The zero-order valence-corrected chi connectivity index (χ0v) is 10.8. The van der Waals surface area contributed by atoms with Crippen LogP contribution < -0.4 is 10.6 Å². The second-order valence-corrected chi connectivity index (χ2v) is 4.91. The van der Waals surface area contributed by atoms with Gasteiger partial charge in [0.15, 0.2) is 0 Å². The van der Waals surface area contributed by atoms with Gasteiger partial charge in [0.05, 0.1) is 6.54 Å². The highest BCUT2D eigenvalue weighted by Crippen LogP contribution is 2.12. The summed E-state index contributed by atoms with van der Waals surface area (Å²) in [6.45, 7) is 7.75. The van der Waals surface area contributed by atoms with E-state index in [0.29, 0.717) is 18.5 Å². The molecule has 0 saturated carbocycles. The van der Waals surface area contributed by atoms with Crippen LogP contribution >= 0.6 is 0 Å². The third-order valence-corrected chi connectivity index (χ3v) is 3.30. The number of hydrogen-bond donors (Lipinski definition) is 2. The Morgan fingerprint density at radius 1 is 1.56 bits per heavy atom. The summed E-state index contributed by atoms with van der Waals surface area (Å²) in [5.74, 6) is 0.757. The quantitative estimate of drug-likeness (QED) is 0.692. The van der Waals surface area contributed by atoms with Crippen molar-refractivity contribution in [3.8, 4) is 0 Å². The van der Waals surface area contributed by atoms with Crippen molar-refractivity contribution in [2.24, 2.45) is 5.92 Å². The highest BCUT2D eigenvalue weighted by molar-refractivity contribution is 5.78. The van der Waals surface area contributed by atoms with Gasteiger partial charge in [0.1, 0.15) is 0 Å². The van der Waals surface area contributed by atoms with E-state index in [4.69, 9.17) is 0 Å². The number of hydrogen-bond acceptors (Lipinski definition) is 3. The molecule has 0 aromatic rings. The summed E-state index contributed by atoms with van der Waals surface area (Å²) in [5.41, 5.74) is 0. The van der Waals surface area contributed by atoms with E-state index in [2.05, 4.69) is 36.4 Å². The van der Waals surface area contributed by atoms with Gasteiger partial charge >= 0.3 is 0 Å². The van der Waals surface area contributed by atoms with E-state index in [9.17, 15) is 4.79 Å². The molecule has 0 spiro atoms. The van der Waals surface area contributed by atoms with Gasteiger partial charge in [-0.3, -0.25) is 4.79 Å². The van der Waals surface area contributed by atoms with Gasteiger partial charge in [0.25, 0.3) is 0 Å². The smallest absolute Gasteiger partial charge is 0.233 e. The van der Waals surface area contributed by atoms with Gasteiger partial charge in [-0.2, -0.15) is 0 Å². The topological polar surface area (TPSA) is 44.4 Å². The van der Waals surface area contributed by atoms with Gasteiger partial charge < -0.3 is 15.5 Å². The molecule has 2 unspecified atom stereocenters. The first-order valence-electron chi connectivity index (χ1n) is 6.30. The molecule has 1 heterocycles. The fraction of sp³-hybridized carbons (Fsp3) is 0.917. The molecule has 1 aliphatic rings. The maximum atomic E-state index is 11.5. The maximum absolute atomic E-state index is 11.5. The average Bonchev–Trinajstić information content (AvgIpc) is 2.69. The second kappa shape index (κ2) is 6.86. The predicted molar refractivity (Wildman–Crippen MR) is 66.4 cm³/mol. The van der Waals surface area contributed by atoms with Crippen molar-refractivity contribution in [3.05, 3.63) is 0 Å². The molecule has 94 valence electrons. The molecule has 1 fully saturated rings. The van der Waals surface area contributed by atoms with Crippen molar-refractivity contribution >= 4 is 5.91 Å².